The molecule has 2 aromatic carbocycles. The van der Waals surface area contributed by atoms with E-state index in [1.54, 1.807) is 13.3 Å². The summed E-state index contributed by atoms with van der Waals surface area (Å²) in [4.78, 5) is 41.1. The fraction of sp³-hybridized carbons (Fsp3) is 0.500. The zero-order valence-electron chi connectivity index (χ0n) is 29.8. The van der Waals surface area contributed by atoms with Gasteiger partial charge < -0.3 is 19.5 Å². The zero-order chi connectivity index (χ0) is 35.6. The third-order valence-electron chi connectivity index (χ3n) is 11.8. The van der Waals surface area contributed by atoms with E-state index in [0.717, 1.165) is 74.7 Å². The number of carbonyl (C=O) groups is 2. The van der Waals surface area contributed by atoms with Crippen LogP contribution in [0.3, 0.4) is 0 Å². The van der Waals surface area contributed by atoms with Crippen LogP contribution in [-0.2, 0) is 10.2 Å². The minimum Gasteiger partial charge on any atom is -0.434 e. The number of ether oxygens (including phenoxy) is 1. The lowest BCUT2D eigenvalue weighted by atomic mass is 9.70. The lowest BCUT2D eigenvalue weighted by Crippen LogP contribution is -2.58. The number of benzene rings is 2. The van der Waals surface area contributed by atoms with Crippen LogP contribution in [-0.4, -0.2) is 69.6 Å². The molecule has 1 saturated heterocycles. The summed E-state index contributed by atoms with van der Waals surface area (Å²) in [7, 11) is 1.53. The molecule has 0 bridgehead atoms. The van der Waals surface area contributed by atoms with Crippen LogP contribution in [0.5, 0.6) is 11.6 Å². The number of pyridine rings is 1. The Morgan fingerprint density at radius 1 is 1.06 bits per heavy atom. The van der Waals surface area contributed by atoms with Crippen molar-refractivity contribution >= 4 is 28.5 Å². The third kappa shape index (κ3) is 5.68. The molecule has 11 heteroatoms. The maximum Gasteiger partial charge on any atom is 0.251 e. The largest absolute Gasteiger partial charge is 0.434 e. The number of rotatable bonds is 7. The van der Waals surface area contributed by atoms with Gasteiger partial charge in [-0.15, -0.1) is 0 Å². The third-order valence-corrected chi connectivity index (χ3v) is 11.8. The Bertz CT molecular complexity index is 2010. The molecule has 2 saturated carbocycles. The predicted molar refractivity (Wildman–Crippen MR) is 193 cm³/mol. The maximum atomic E-state index is 15.4. The molecule has 2 aliphatic heterocycles. The maximum absolute atomic E-state index is 15.4. The highest BCUT2D eigenvalue weighted by Gasteiger charge is 2.54. The van der Waals surface area contributed by atoms with E-state index in [4.69, 9.17) is 9.72 Å². The lowest BCUT2D eigenvalue weighted by molar-refractivity contribution is -0.125. The number of nitrogens with one attached hydrogen (secondary N) is 1. The van der Waals surface area contributed by atoms with Gasteiger partial charge in [0.2, 0.25) is 11.8 Å². The van der Waals surface area contributed by atoms with Crippen LogP contribution < -0.4 is 15.0 Å². The van der Waals surface area contributed by atoms with E-state index in [1.807, 2.05) is 30.5 Å². The topological polar surface area (TPSA) is 92.6 Å². The molecule has 4 aromatic rings. The molecule has 4 aliphatic rings. The highest BCUT2D eigenvalue weighted by atomic mass is 19.1. The van der Waals surface area contributed by atoms with Crippen LogP contribution in [0.15, 0.2) is 42.7 Å². The quantitative estimate of drug-likeness (QED) is 0.212. The highest BCUT2D eigenvalue weighted by Crippen LogP contribution is 2.53. The smallest absolute Gasteiger partial charge is 0.251 e. The van der Waals surface area contributed by atoms with Gasteiger partial charge in [-0.1, -0.05) is 31.4 Å². The van der Waals surface area contributed by atoms with Crippen molar-refractivity contribution < 1.29 is 23.1 Å². The molecule has 1 spiro atoms. The normalized spacial score (nSPS) is 23.2. The van der Waals surface area contributed by atoms with E-state index in [2.05, 4.69) is 32.2 Å². The van der Waals surface area contributed by atoms with E-state index in [9.17, 15) is 14.0 Å². The molecule has 1 N–H and O–H groups in total. The van der Waals surface area contributed by atoms with Gasteiger partial charge in [0.1, 0.15) is 11.7 Å². The number of halogens is 2. The van der Waals surface area contributed by atoms with Gasteiger partial charge >= 0.3 is 0 Å². The van der Waals surface area contributed by atoms with Crippen LogP contribution in [0.25, 0.3) is 22.3 Å². The number of imidazole rings is 1. The van der Waals surface area contributed by atoms with Crippen molar-refractivity contribution in [2.24, 2.45) is 0 Å². The fourth-order valence-corrected chi connectivity index (χ4v) is 8.95. The molecule has 2 amide bonds. The van der Waals surface area contributed by atoms with Gasteiger partial charge in [-0.2, -0.15) is 0 Å². The summed E-state index contributed by atoms with van der Waals surface area (Å²) in [5.74, 6) is -0.689. The molecule has 2 aliphatic carbocycles. The van der Waals surface area contributed by atoms with Crippen LogP contribution in [0.4, 0.5) is 14.5 Å². The Balaban J connectivity index is 1.19. The second-order valence-electron chi connectivity index (χ2n) is 15.3. The molecule has 4 heterocycles. The second-order valence-corrected chi connectivity index (χ2v) is 15.3. The molecule has 0 radical (unpaired) electrons. The van der Waals surface area contributed by atoms with Crippen molar-refractivity contribution in [1.29, 1.82) is 0 Å². The van der Waals surface area contributed by atoms with Crippen molar-refractivity contribution in [3.8, 4) is 22.9 Å². The van der Waals surface area contributed by atoms with E-state index in [0.29, 0.717) is 46.9 Å². The van der Waals surface area contributed by atoms with Crippen molar-refractivity contribution in [2.45, 2.75) is 108 Å². The number of fused-ring (bicyclic) bond motifs is 3. The molecule has 1 atom stereocenters. The fourth-order valence-electron chi connectivity index (χ4n) is 8.95. The SMILES string of the molecule is CNC(=O)c1cc(Oc2nc(-c3ccc4c(c3)N(C3CC(N5CCC[C@@H](F)C5)C3)C(=O)C43CCCCC3)cc3ncn(C(C)C)c23)c(F)cc1C. The van der Waals surface area contributed by atoms with Gasteiger partial charge in [0.25, 0.3) is 5.91 Å². The Morgan fingerprint density at radius 2 is 1.84 bits per heavy atom. The molecule has 9 nitrogen and oxygen atoms in total. The summed E-state index contributed by atoms with van der Waals surface area (Å²) in [6.07, 6.45) is 9.02. The van der Waals surface area contributed by atoms with Crippen molar-refractivity contribution in [1.82, 2.24) is 24.8 Å². The molecule has 268 valence electrons. The lowest BCUT2D eigenvalue weighted by Gasteiger charge is -2.48. The van der Waals surface area contributed by atoms with Crippen LogP contribution >= 0.6 is 0 Å². The van der Waals surface area contributed by atoms with Crippen molar-refractivity contribution in [3.63, 3.8) is 0 Å². The molecular weight excluding hydrogens is 650 g/mol. The van der Waals surface area contributed by atoms with E-state index >= 15 is 4.39 Å². The summed E-state index contributed by atoms with van der Waals surface area (Å²) in [5.41, 5.74) is 4.94. The average Bonchev–Trinajstić information content (AvgIpc) is 3.63. The summed E-state index contributed by atoms with van der Waals surface area (Å²) >= 11 is 0. The molecule has 51 heavy (non-hydrogen) atoms. The number of hydrogen-bond donors (Lipinski definition) is 1. The van der Waals surface area contributed by atoms with Crippen LogP contribution in [0, 0.1) is 12.7 Å². The summed E-state index contributed by atoms with van der Waals surface area (Å²) in [5, 5.41) is 2.61. The Labute approximate surface area is 297 Å². The van der Waals surface area contributed by atoms with E-state index in [1.165, 1.54) is 19.2 Å². The van der Waals surface area contributed by atoms with E-state index in [-0.39, 0.29) is 35.5 Å². The molecule has 0 unspecified atom stereocenters. The number of alkyl halides is 1. The number of aromatic nitrogens is 3. The number of likely N-dealkylation sites (tertiary alicyclic amines) is 1. The number of anilines is 1. The van der Waals surface area contributed by atoms with E-state index < -0.39 is 17.4 Å². The minimum atomic E-state index is -0.772. The van der Waals surface area contributed by atoms with Crippen LogP contribution in [0.2, 0.25) is 0 Å². The first kappa shape index (κ1) is 33.7. The van der Waals surface area contributed by atoms with Gasteiger partial charge in [-0.3, -0.25) is 14.5 Å². The van der Waals surface area contributed by atoms with Crippen molar-refractivity contribution in [2.75, 3.05) is 25.0 Å². The number of nitrogens with zero attached hydrogens (tertiary/aromatic N) is 5. The highest BCUT2D eigenvalue weighted by molar-refractivity contribution is 6.09. The summed E-state index contributed by atoms with van der Waals surface area (Å²) in [6, 6.07) is 11.2. The number of hydrogen-bond acceptors (Lipinski definition) is 6. The first-order valence-corrected chi connectivity index (χ1v) is 18.5. The number of aryl methyl sites for hydroxylation is 1. The molecule has 8 rings (SSSR count). The monoisotopic (exact) mass is 696 g/mol. The van der Waals surface area contributed by atoms with Gasteiger partial charge in [0.15, 0.2) is 11.6 Å². The average molecular weight is 697 g/mol. The number of carbonyl (C=O) groups excluding carboxylic acids is 2. The first-order chi connectivity index (χ1) is 24.6. The summed E-state index contributed by atoms with van der Waals surface area (Å²) < 4.78 is 37.9. The second kappa shape index (κ2) is 13.0. The van der Waals surface area contributed by atoms with Crippen molar-refractivity contribution in [3.05, 3.63) is 65.2 Å². The molecule has 3 fully saturated rings. The number of amides is 2. The standard InChI is InChI=1S/C40H46F2N6O3/c1-23(2)47-22-44-33-20-32(45-38(36(33)47)51-35-19-29(37(49)43-4)24(3)15-31(35)42)25-10-11-30-34(16-25)48(39(50)40(30)12-6-5-7-13-40)28-17-27(18-28)46-14-8-9-26(41)21-46/h10-11,15-16,19-20,22-23,26-28H,5-9,12-14,17-18,21H2,1-4H3,(H,43,49)/t26-,27?,28?/m1/s1. The first-order valence-electron chi connectivity index (χ1n) is 18.5. The van der Waals surface area contributed by atoms with Gasteiger partial charge in [0.05, 0.1) is 23.0 Å². The summed E-state index contributed by atoms with van der Waals surface area (Å²) in [6.45, 7) is 7.13. The Kier molecular flexibility index (Phi) is 8.60. The van der Waals surface area contributed by atoms with Gasteiger partial charge in [-0.25, -0.2) is 18.7 Å². The van der Waals surface area contributed by atoms with Gasteiger partial charge in [-0.05, 0) is 101 Å². The zero-order valence-corrected chi connectivity index (χ0v) is 29.8. The Morgan fingerprint density at radius 3 is 2.57 bits per heavy atom. The minimum absolute atomic E-state index is 0.0209. The predicted octanol–water partition coefficient (Wildman–Crippen LogP) is 7.79. The molecule has 2 aromatic heterocycles. The van der Waals surface area contributed by atoms with Crippen LogP contribution in [0.1, 0.15) is 99.2 Å². The Hall–Kier alpha value is -4.38. The number of piperidine rings is 1. The molecular formula is C40H46F2N6O3. The van der Waals surface area contributed by atoms with Gasteiger partial charge in [0, 0.05) is 48.5 Å².